The molecule has 2 amide bonds. The zero-order valence-electron chi connectivity index (χ0n) is 15.5. The van der Waals surface area contributed by atoms with Crippen molar-refractivity contribution in [3.63, 3.8) is 0 Å². The van der Waals surface area contributed by atoms with Crippen LogP contribution in [0.2, 0.25) is 5.02 Å². The van der Waals surface area contributed by atoms with Crippen molar-refractivity contribution in [2.45, 2.75) is 37.7 Å². The maximum atomic E-state index is 12.7. The number of nitrogens with zero attached hydrogens (tertiary/aromatic N) is 4. The van der Waals surface area contributed by atoms with Crippen molar-refractivity contribution in [2.75, 3.05) is 25.0 Å². The van der Waals surface area contributed by atoms with E-state index in [9.17, 15) is 4.79 Å². The highest BCUT2D eigenvalue weighted by Crippen LogP contribution is 2.34. The molecular weight excluding hydrogens is 378 g/mol. The lowest BCUT2D eigenvalue weighted by molar-refractivity contribution is -0.115. The summed E-state index contributed by atoms with van der Waals surface area (Å²) in [6.07, 6.45) is 7.32. The fourth-order valence-corrected chi connectivity index (χ4v) is 4.26. The molecule has 2 aliphatic rings. The average Bonchev–Trinajstić information content (AvgIpc) is 3.16. The molecule has 1 N–H and O–H groups in total. The molecule has 2 fully saturated rings. The summed E-state index contributed by atoms with van der Waals surface area (Å²) in [6, 6.07) is 8.62. The zero-order chi connectivity index (χ0) is 19.6. The van der Waals surface area contributed by atoms with E-state index in [-0.39, 0.29) is 11.6 Å². The van der Waals surface area contributed by atoms with Crippen LogP contribution >= 0.6 is 11.6 Å². The zero-order valence-corrected chi connectivity index (χ0v) is 16.3. The number of halogens is 1. The standard InChI is InChI=1S/C20H22ClN5O2/c21-16-12-15(13-22)4-5-17(16)26-9-6-18(24-26)23-19(27)25-10-11-28-20(14-25)7-2-1-3-8-20/h4-6,9,12H,1-3,7-8,10-11,14H2,(H,23,24,27). The van der Waals surface area contributed by atoms with Crippen LogP contribution < -0.4 is 5.32 Å². The molecular formula is C20H22ClN5O2. The highest BCUT2D eigenvalue weighted by Gasteiger charge is 2.39. The largest absolute Gasteiger partial charge is 0.371 e. The number of aromatic nitrogens is 2. The quantitative estimate of drug-likeness (QED) is 0.828. The van der Waals surface area contributed by atoms with E-state index < -0.39 is 0 Å². The van der Waals surface area contributed by atoms with Gasteiger partial charge in [-0.1, -0.05) is 30.9 Å². The Morgan fingerprint density at radius 1 is 1.29 bits per heavy atom. The fourth-order valence-electron chi connectivity index (χ4n) is 3.99. The minimum Gasteiger partial charge on any atom is -0.371 e. The summed E-state index contributed by atoms with van der Waals surface area (Å²) in [5.74, 6) is 0.453. The second-order valence-electron chi connectivity index (χ2n) is 7.37. The first-order valence-corrected chi connectivity index (χ1v) is 9.92. The first-order chi connectivity index (χ1) is 13.6. The summed E-state index contributed by atoms with van der Waals surface area (Å²) >= 11 is 6.24. The number of morpholine rings is 1. The lowest BCUT2D eigenvalue weighted by atomic mass is 9.83. The predicted molar refractivity (Wildman–Crippen MR) is 106 cm³/mol. The molecule has 1 spiro atoms. The number of rotatable bonds is 2. The highest BCUT2D eigenvalue weighted by atomic mass is 35.5. The van der Waals surface area contributed by atoms with Gasteiger partial charge in [0.05, 0.1) is 41.1 Å². The molecule has 0 bridgehead atoms. The molecule has 1 saturated heterocycles. The molecule has 1 aromatic heterocycles. The van der Waals surface area contributed by atoms with Crippen LogP contribution in [0.3, 0.4) is 0 Å². The lowest BCUT2D eigenvalue weighted by Crippen LogP contribution is -2.55. The number of carbonyl (C=O) groups is 1. The van der Waals surface area contributed by atoms with Crippen LogP contribution in [0, 0.1) is 11.3 Å². The van der Waals surface area contributed by atoms with Crippen LogP contribution in [0.5, 0.6) is 0 Å². The molecule has 146 valence electrons. The van der Waals surface area contributed by atoms with Crippen LogP contribution in [-0.2, 0) is 4.74 Å². The third-order valence-corrected chi connectivity index (χ3v) is 5.75. The summed E-state index contributed by atoms with van der Waals surface area (Å²) in [4.78, 5) is 14.6. The molecule has 8 heteroatoms. The van der Waals surface area contributed by atoms with Gasteiger partial charge in [0.25, 0.3) is 0 Å². The third kappa shape index (κ3) is 3.84. The molecule has 2 heterocycles. The Kier molecular flexibility index (Phi) is 5.25. The number of nitrogens with one attached hydrogen (secondary N) is 1. The van der Waals surface area contributed by atoms with Gasteiger partial charge in [0.1, 0.15) is 0 Å². The van der Waals surface area contributed by atoms with E-state index in [1.54, 1.807) is 35.1 Å². The van der Waals surface area contributed by atoms with Crippen LogP contribution in [0.25, 0.3) is 5.69 Å². The maximum Gasteiger partial charge on any atom is 0.323 e. The summed E-state index contributed by atoms with van der Waals surface area (Å²) in [5.41, 5.74) is 0.954. The molecule has 28 heavy (non-hydrogen) atoms. The topological polar surface area (TPSA) is 83.2 Å². The van der Waals surface area contributed by atoms with Gasteiger partial charge < -0.3 is 9.64 Å². The monoisotopic (exact) mass is 399 g/mol. The van der Waals surface area contributed by atoms with E-state index in [4.69, 9.17) is 21.6 Å². The van der Waals surface area contributed by atoms with Crippen LogP contribution in [0.1, 0.15) is 37.7 Å². The number of amides is 2. The lowest BCUT2D eigenvalue weighted by Gasteiger charge is -2.44. The second kappa shape index (κ2) is 7.82. The number of ether oxygens (including phenoxy) is 1. The van der Waals surface area contributed by atoms with E-state index in [0.29, 0.717) is 41.8 Å². The van der Waals surface area contributed by atoms with Crippen LogP contribution in [0.15, 0.2) is 30.5 Å². The summed E-state index contributed by atoms with van der Waals surface area (Å²) in [7, 11) is 0. The minimum absolute atomic E-state index is 0.163. The van der Waals surface area contributed by atoms with E-state index in [1.165, 1.54) is 6.42 Å². The first-order valence-electron chi connectivity index (χ1n) is 9.54. The number of anilines is 1. The third-order valence-electron chi connectivity index (χ3n) is 5.45. The Morgan fingerprint density at radius 3 is 2.86 bits per heavy atom. The summed E-state index contributed by atoms with van der Waals surface area (Å²) in [5, 5.41) is 16.6. The van der Waals surface area contributed by atoms with Crippen LogP contribution in [-0.4, -0.2) is 46.0 Å². The van der Waals surface area contributed by atoms with Gasteiger partial charge in [-0.3, -0.25) is 5.32 Å². The van der Waals surface area contributed by atoms with Gasteiger partial charge >= 0.3 is 6.03 Å². The molecule has 1 aromatic carbocycles. The van der Waals surface area contributed by atoms with Gasteiger partial charge in [0, 0.05) is 18.8 Å². The smallest absolute Gasteiger partial charge is 0.323 e. The molecule has 1 aliphatic carbocycles. The van der Waals surface area contributed by atoms with Crippen molar-refractivity contribution in [1.82, 2.24) is 14.7 Å². The van der Waals surface area contributed by atoms with Gasteiger partial charge in [-0.05, 0) is 31.0 Å². The maximum absolute atomic E-state index is 12.7. The average molecular weight is 400 g/mol. The van der Waals surface area contributed by atoms with Gasteiger partial charge in [-0.25, -0.2) is 9.48 Å². The Balaban J connectivity index is 1.44. The van der Waals surface area contributed by atoms with Crippen molar-refractivity contribution in [3.05, 3.63) is 41.0 Å². The number of hydrogen-bond acceptors (Lipinski definition) is 4. The van der Waals surface area contributed by atoms with Gasteiger partial charge in [-0.15, -0.1) is 5.10 Å². The molecule has 7 nitrogen and oxygen atoms in total. The summed E-state index contributed by atoms with van der Waals surface area (Å²) in [6.45, 7) is 1.78. The van der Waals surface area contributed by atoms with E-state index in [1.807, 2.05) is 4.90 Å². The number of urea groups is 1. The van der Waals surface area contributed by atoms with Crippen molar-refractivity contribution >= 4 is 23.4 Å². The highest BCUT2D eigenvalue weighted by molar-refractivity contribution is 6.32. The molecule has 0 atom stereocenters. The number of hydrogen-bond donors (Lipinski definition) is 1. The Bertz CT molecular complexity index is 908. The van der Waals surface area contributed by atoms with E-state index in [2.05, 4.69) is 16.5 Å². The van der Waals surface area contributed by atoms with Gasteiger partial charge in [-0.2, -0.15) is 5.26 Å². The SMILES string of the molecule is N#Cc1ccc(-n2ccc(NC(=O)N3CCOC4(CCCCC4)C3)n2)c(Cl)c1. The Hall–Kier alpha value is -2.56. The molecule has 2 aromatic rings. The van der Waals surface area contributed by atoms with E-state index >= 15 is 0 Å². The minimum atomic E-state index is -0.177. The van der Waals surface area contributed by atoms with Crippen molar-refractivity contribution in [1.29, 1.82) is 5.26 Å². The molecule has 1 saturated carbocycles. The predicted octanol–water partition coefficient (Wildman–Crippen LogP) is 3.96. The number of nitriles is 1. The van der Waals surface area contributed by atoms with Crippen LogP contribution in [0.4, 0.5) is 10.6 Å². The van der Waals surface area contributed by atoms with Crippen molar-refractivity contribution in [2.24, 2.45) is 0 Å². The summed E-state index contributed by atoms with van der Waals surface area (Å²) < 4.78 is 7.64. The van der Waals surface area contributed by atoms with E-state index in [0.717, 1.165) is 25.7 Å². The molecule has 4 rings (SSSR count). The molecule has 0 radical (unpaired) electrons. The number of carbonyl (C=O) groups excluding carboxylic acids is 1. The van der Waals surface area contributed by atoms with Gasteiger partial charge in [0.15, 0.2) is 5.82 Å². The molecule has 0 unspecified atom stereocenters. The first kappa shape index (κ1) is 18.8. The normalized spacial score (nSPS) is 18.6. The molecule has 1 aliphatic heterocycles. The van der Waals surface area contributed by atoms with Crippen molar-refractivity contribution in [3.8, 4) is 11.8 Å². The Morgan fingerprint density at radius 2 is 2.11 bits per heavy atom. The fraction of sp³-hybridized carbons (Fsp3) is 0.450. The van der Waals surface area contributed by atoms with Gasteiger partial charge in [0.2, 0.25) is 0 Å². The number of benzene rings is 1. The van der Waals surface area contributed by atoms with Crippen molar-refractivity contribution < 1.29 is 9.53 Å². The Labute approximate surface area is 168 Å². The second-order valence-corrected chi connectivity index (χ2v) is 7.77.